The molecule has 32 heavy (non-hydrogen) atoms. The molecule has 8 heteroatoms. The van der Waals surface area contributed by atoms with Crippen LogP contribution in [0.1, 0.15) is 46.6 Å². The normalized spacial score (nSPS) is 24.6. The number of ether oxygens (including phenoxy) is 2. The summed E-state index contributed by atoms with van der Waals surface area (Å²) in [5.41, 5.74) is -0.777. The van der Waals surface area contributed by atoms with E-state index in [2.05, 4.69) is 0 Å². The lowest BCUT2D eigenvalue weighted by atomic mass is 9.88. The minimum atomic E-state index is -1.11. The molecular formula is C24H30N2O5S. The summed E-state index contributed by atoms with van der Waals surface area (Å²) < 4.78 is 12.3. The SMILES string of the molecule is COC(=O)[C@@]1(Cc2cn(C(=O)OC(C)(C)C)c3ccccc23)CS[C@H]2CC(C)(C)C(=O)N21. The Kier molecular flexibility index (Phi) is 5.35. The van der Waals surface area contributed by atoms with E-state index in [0.29, 0.717) is 17.7 Å². The van der Waals surface area contributed by atoms with Crippen LogP contribution in [0.5, 0.6) is 0 Å². The fourth-order valence-corrected chi connectivity index (χ4v) is 6.51. The maximum absolute atomic E-state index is 13.3. The highest BCUT2D eigenvalue weighted by atomic mass is 32.2. The molecule has 1 aromatic carbocycles. The Morgan fingerprint density at radius 2 is 1.91 bits per heavy atom. The summed E-state index contributed by atoms with van der Waals surface area (Å²) in [7, 11) is 1.36. The average molecular weight is 459 g/mol. The van der Waals surface area contributed by atoms with Gasteiger partial charge in [0.2, 0.25) is 5.91 Å². The Morgan fingerprint density at radius 1 is 1.22 bits per heavy atom. The molecular weight excluding hydrogens is 428 g/mol. The van der Waals surface area contributed by atoms with E-state index in [-0.39, 0.29) is 17.7 Å². The molecule has 0 bridgehead atoms. The number of hydrogen-bond donors (Lipinski definition) is 0. The number of fused-ring (bicyclic) bond motifs is 2. The monoisotopic (exact) mass is 458 g/mol. The van der Waals surface area contributed by atoms with Gasteiger partial charge in [-0.15, -0.1) is 11.8 Å². The quantitative estimate of drug-likeness (QED) is 0.641. The van der Waals surface area contributed by atoms with Gasteiger partial charge in [0.1, 0.15) is 5.60 Å². The van der Waals surface area contributed by atoms with Gasteiger partial charge in [0.15, 0.2) is 5.54 Å². The number of methoxy groups -OCH3 is 1. The van der Waals surface area contributed by atoms with Gasteiger partial charge in [-0.2, -0.15) is 0 Å². The van der Waals surface area contributed by atoms with Crippen molar-refractivity contribution < 1.29 is 23.9 Å². The van der Waals surface area contributed by atoms with E-state index in [1.807, 2.05) is 58.9 Å². The fraction of sp³-hybridized carbons (Fsp3) is 0.542. The highest BCUT2D eigenvalue weighted by molar-refractivity contribution is 8.00. The number of thioether (sulfide) groups is 1. The van der Waals surface area contributed by atoms with Crippen LogP contribution >= 0.6 is 11.8 Å². The van der Waals surface area contributed by atoms with Crippen molar-refractivity contribution in [3.8, 4) is 0 Å². The van der Waals surface area contributed by atoms with E-state index in [0.717, 1.165) is 10.9 Å². The van der Waals surface area contributed by atoms with Crippen molar-refractivity contribution >= 4 is 40.6 Å². The number of rotatable bonds is 3. The maximum atomic E-state index is 13.3. The number of carbonyl (C=O) groups is 3. The van der Waals surface area contributed by atoms with E-state index < -0.39 is 28.6 Å². The third-order valence-corrected chi connectivity index (χ3v) is 7.59. The van der Waals surface area contributed by atoms with Crippen LogP contribution < -0.4 is 0 Å². The Balaban J connectivity index is 1.80. The van der Waals surface area contributed by atoms with Crippen molar-refractivity contribution in [1.29, 1.82) is 0 Å². The minimum absolute atomic E-state index is 0.0335. The molecule has 2 saturated heterocycles. The standard InChI is InChI=1S/C24H30N2O5S/c1-22(2,3)31-21(29)25-13-15(16-9-7-8-10-17(16)25)11-24(20(28)30-6)14-32-18-12-23(4,5)19(27)26(18)24/h7-10,13,18H,11-12,14H2,1-6H3/t18-,24+/m0/s1. The van der Waals surface area contributed by atoms with Gasteiger partial charge in [-0.1, -0.05) is 32.0 Å². The molecule has 1 aromatic heterocycles. The highest BCUT2D eigenvalue weighted by Crippen LogP contribution is 2.51. The molecule has 0 aliphatic carbocycles. The fourth-order valence-electron chi connectivity index (χ4n) is 4.70. The molecule has 2 fully saturated rings. The average Bonchev–Trinajstić information content (AvgIpc) is 3.32. The molecule has 0 radical (unpaired) electrons. The number of para-hydroxylation sites is 1. The zero-order chi connectivity index (χ0) is 23.5. The molecule has 0 spiro atoms. The van der Waals surface area contributed by atoms with Gasteiger partial charge in [-0.3, -0.25) is 9.36 Å². The van der Waals surface area contributed by atoms with Gasteiger partial charge in [-0.05, 0) is 38.8 Å². The van der Waals surface area contributed by atoms with Crippen LogP contribution in [0.2, 0.25) is 0 Å². The molecule has 1 amide bonds. The molecule has 172 valence electrons. The summed E-state index contributed by atoms with van der Waals surface area (Å²) in [5, 5.41) is 0.789. The van der Waals surface area contributed by atoms with Gasteiger partial charge >= 0.3 is 12.1 Å². The summed E-state index contributed by atoms with van der Waals surface area (Å²) >= 11 is 1.62. The third kappa shape index (κ3) is 3.58. The number of amides is 1. The second-order valence-corrected chi connectivity index (χ2v) is 11.4. The zero-order valence-corrected chi connectivity index (χ0v) is 20.2. The van der Waals surface area contributed by atoms with Crippen molar-refractivity contribution in [3.05, 3.63) is 36.0 Å². The molecule has 0 N–H and O–H groups in total. The maximum Gasteiger partial charge on any atom is 0.419 e. The van der Waals surface area contributed by atoms with Crippen LogP contribution in [0, 0.1) is 5.41 Å². The number of benzene rings is 1. The van der Waals surface area contributed by atoms with Crippen molar-refractivity contribution in [3.63, 3.8) is 0 Å². The molecule has 2 aromatic rings. The molecule has 2 aliphatic rings. The molecule has 0 saturated carbocycles. The smallest absolute Gasteiger partial charge is 0.419 e. The molecule has 7 nitrogen and oxygen atoms in total. The first-order valence-corrected chi connectivity index (χ1v) is 11.8. The van der Waals surface area contributed by atoms with E-state index >= 15 is 0 Å². The first-order chi connectivity index (χ1) is 14.9. The number of carbonyl (C=O) groups excluding carboxylic acids is 3. The van der Waals surface area contributed by atoms with E-state index in [9.17, 15) is 14.4 Å². The largest absolute Gasteiger partial charge is 0.467 e. The van der Waals surface area contributed by atoms with Crippen LogP contribution in [0.4, 0.5) is 4.79 Å². The van der Waals surface area contributed by atoms with Gasteiger partial charge in [0.25, 0.3) is 0 Å². The molecule has 0 unspecified atom stereocenters. The van der Waals surface area contributed by atoms with Crippen LogP contribution in [0.3, 0.4) is 0 Å². The number of hydrogen-bond acceptors (Lipinski definition) is 6. The van der Waals surface area contributed by atoms with Crippen molar-refractivity contribution in [2.45, 2.75) is 64.0 Å². The highest BCUT2D eigenvalue weighted by Gasteiger charge is 2.62. The summed E-state index contributed by atoms with van der Waals surface area (Å²) in [5.74, 6) is -0.000557. The minimum Gasteiger partial charge on any atom is -0.467 e. The zero-order valence-electron chi connectivity index (χ0n) is 19.4. The first-order valence-electron chi connectivity index (χ1n) is 10.8. The molecule has 2 aliphatic heterocycles. The number of nitrogens with zero attached hydrogens (tertiary/aromatic N) is 2. The number of aromatic nitrogens is 1. The van der Waals surface area contributed by atoms with Gasteiger partial charge in [0, 0.05) is 29.2 Å². The number of esters is 1. The van der Waals surface area contributed by atoms with Crippen LogP contribution in [0.15, 0.2) is 30.5 Å². The molecule has 3 heterocycles. The third-order valence-electron chi connectivity index (χ3n) is 6.18. The van der Waals surface area contributed by atoms with Crippen LogP contribution in [-0.2, 0) is 25.5 Å². The lowest BCUT2D eigenvalue weighted by molar-refractivity contribution is -0.159. The van der Waals surface area contributed by atoms with E-state index in [1.54, 1.807) is 22.9 Å². The first kappa shape index (κ1) is 22.7. The van der Waals surface area contributed by atoms with Gasteiger partial charge in [-0.25, -0.2) is 9.59 Å². The predicted molar refractivity (Wildman–Crippen MR) is 124 cm³/mol. The van der Waals surface area contributed by atoms with E-state index in [4.69, 9.17) is 9.47 Å². The van der Waals surface area contributed by atoms with Crippen molar-refractivity contribution in [1.82, 2.24) is 9.47 Å². The Morgan fingerprint density at radius 3 is 2.56 bits per heavy atom. The Bertz CT molecular complexity index is 1100. The lowest BCUT2D eigenvalue weighted by Crippen LogP contribution is -2.57. The molecule has 4 rings (SSSR count). The van der Waals surface area contributed by atoms with Crippen molar-refractivity contribution in [2.24, 2.45) is 5.41 Å². The van der Waals surface area contributed by atoms with Crippen LogP contribution in [-0.4, -0.2) is 56.8 Å². The van der Waals surface area contributed by atoms with E-state index in [1.165, 1.54) is 11.7 Å². The second kappa shape index (κ2) is 7.54. The summed E-state index contributed by atoms with van der Waals surface area (Å²) in [6, 6.07) is 7.53. The van der Waals surface area contributed by atoms with Gasteiger partial charge < -0.3 is 14.4 Å². The summed E-state index contributed by atoms with van der Waals surface area (Å²) in [6.07, 6.45) is 2.20. The second-order valence-electron chi connectivity index (χ2n) is 10.3. The van der Waals surface area contributed by atoms with Gasteiger partial charge in [0.05, 0.1) is 18.0 Å². The summed E-state index contributed by atoms with van der Waals surface area (Å²) in [4.78, 5) is 41.1. The van der Waals surface area contributed by atoms with Crippen molar-refractivity contribution in [2.75, 3.05) is 12.9 Å². The lowest BCUT2D eigenvalue weighted by Gasteiger charge is -2.35. The predicted octanol–water partition coefficient (Wildman–Crippen LogP) is 4.21. The molecule has 2 atom stereocenters. The van der Waals surface area contributed by atoms with Crippen LogP contribution in [0.25, 0.3) is 10.9 Å². The topological polar surface area (TPSA) is 77.8 Å². The Labute approximate surface area is 192 Å². The Hall–Kier alpha value is -2.48. The summed E-state index contributed by atoms with van der Waals surface area (Å²) in [6.45, 7) is 9.30.